The number of hydrogen-bond donors (Lipinski definition) is 0. The van der Waals surface area contributed by atoms with Gasteiger partial charge >= 0.3 is 5.97 Å². The molecule has 7 nitrogen and oxygen atoms in total. The Morgan fingerprint density at radius 3 is 2.78 bits per heavy atom. The molecule has 0 saturated carbocycles. The fourth-order valence-corrected chi connectivity index (χ4v) is 1.99. The van der Waals surface area contributed by atoms with Crippen LogP contribution in [-0.2, 0) is 27.4 Å². The molecule has 1 aromatic heterocycles. The van der Waals surface area contributed by atoms with Crippen molar-refractivity contribution < 1.29 is 14.3 Å². The van der Waals surface area contributed by atoms with Gasteiger partial charge in [0.2, 0.25) is 5.91 Å². The molecule has 0 radical (unpaired) electrons. The minimum atomic E-state index is -0.362. The Balaban J connectivity index is 1.92. The number of amides is 1. The summed E-state index contributed by atoms with van der Waals surface area (Å²) in [6.07, 6.45) is 0.303. The van der Waals surface area contributed by atoms with Crippen LogP contribution in [0.1, 0.15) is 24.5 Å². The van der Waals surface area contributed by atoms with Gasteiger partial charge in [-0.25, -0.2) is 0 Å². The maximum atomic E-state index is 11.9. The predicted octanol–water partition coefficient (Wildman–Crippen LogP) is -0.118. The number of carbonyl (C=O) groups excluding carboxylic acids is 2. The first-order chi connectivity index (χ1) is 8.61. The molecule has 1 aromatic rings. The van der Waals surface area contributed by atoms with Crippen LogP contribution in [0.3, 0.4) is 0 Å². The molecule has 1 aliphatic heterocycles. The van der Waals surface area contributed by atoms with Crippen molar-refractivity contribution in [3.8, 4) is 0 Å². The highest BCUT2D eigenvalue weighted by Gasteiger charge is 2.23. The Labute approximate surface area is 105 Å². The van der Waals surface area contributed by atoms with E-state index in [2.05, 4.69) is 14.9 Å². The summed E-state index contributed by atoms with van der Waals surface area (Å²) in [6.45, 7) is 3.69. The minimum absolute atomic E-state index is 0.0488. The molecule has 0 N–H and O–H groups in total. The lowest BCUT2D eigenvalue weighted by Crippen LogP contribution is -2.38. The van der Waals surface area contributed by atoms with Gasteiger partial charge in [0.05, 0.1) is 20.1 Å². The average Bonchev–Trinajstić information content (AvgIpc) is 2.76. The molecule has 1 amide bonds. The minimum Gasteiger partial charge on any atom is -0.469 e. The second-order valence-electron chi connectivity index (χ2n) is 4.21. The lowest BCUT2D eigenvalue weighted by molar-refractivity contribution is -0.144. The third kappa shape index (κ3) is 2.49. The van der Waals surface area contributed by atoms with Crippen LogP contribution >= 0.6 is 0 Å². The summed E-state index contributed by atoms with van der Waals surface area (Å²) in [6, 6.07) is 0. The number of ether oxygens (including phenoxy) is 1. The molecule has 0 spiro atoms. The van der Waals surface area contributed by atoms with Gasteiger partial charge in [-0.2, -0.15) is 0 Å². The number of nitrogens with zero attached hydrogens (tertiary/aromatic N) is 4. The third-order valence-corrected chi connectivity index (χ3v) is 3.06. The van der Waals surface area contributed by atoms with Gasteiger partial charge in [0.25, 0.3) is 0 Å². The van der Waals surface area contributed by atoms with E-state index in [1.807, 2.05) is 11.5 Å². The lowest BCUT2D eigenvalue weighted by Gasteiger charge is -2.27. The number of rotatable bonds is 3. The Morgan fingerprint density at radius 1 is 1.28 bits per heavy atom. The number of carbonyl (C=O) groups is 2. The van der Waals surface area contributed by atoms with Crippen molar-refractivity contribution >= 4 is 11.9 Å². The van der Waals surface area contributed by atoms with Crippen LogP contribution in [-0.4, -0.2) is 45.2 Å². The second-order valence-corrected chi connectivity index (χ2v) is 4.21. The molecule has 0 aromatic carbocycles. The summed E-state index contributed by atoms with van der Waals surface area (Å²) < 4.78 is 6.52. The first-order valence-electron chi connectivity index (χ1n) is 5.85. The quantitative estimate of drug-likeness (QED) is 0.701. The van der Waals surface area contributed by atoms with E-state index in [1.165, 1.54) is 7.11 Å². The molecule has 1 aliphatic rings. The van der Waals surface area contributed by atoms with E-state index < -0.39 is 0 Å². The standard InChI is InChI=1S/C11H16N4O3/c1-8-12-13-9-7-14(5-6-15(8)9)10(16)3-4-11(17)18-2/h3-7H2,1-2H3. The molecule has 0 bridgehead atoms. The maximum absolute atomic E-state index is 11.9. The smallest absolute Gasteiger partial charge is 0.306 e. The molecule has 0 unspecified atom stereocenters. The van der Waals surface area contributed by atoms with E-state index in [0.29, 0.717) is 19.6 Å². The molecule has 0 fully saturated rings. The molecule has 18 heavy (non-hydrogen) atoms. The van der Waals surface area contributed by atoms with Gasteiger partial charge in [-0.3, -0.25) is 9.59 Å². The van der Waals surface area contributed by atoms with Gasteiger partial charge in [-0.05, 0) is 6.92 Å². The van der Waals surface area contributed by atoms with Crippen LogP contribution in [0.25, 0.3) is 0 Å². The number of fused-ring (bicyclic) bond motifs is 1. The van der Waals surface area contributed by atoms with Crippen LogP contribution in [0.4, 0.5) is 0 Å². The first kappa shape index (κ1) is 12.5. The Bertz CT molecular complexity index is 469. The Kier molecular flexibility index (Phi) is 3.59. The SMILES string of the molecule is COC(=O)CCC(=O)N1CCn2c(C)nnc2C1. The van der Waals surface area contributed by atoms with Crippen LogP contribution in [0.15, 0.2) is 0 Å². The first-order valence-corrected chi connectivity index (χ1v) is 5.85. The predicted molar refractivity (Wildman–Crippen MR) is 61.4 cm³/mol. The molecular formula is C11H16N4O3. The Morgan fingerprint density at radius 2 is 2.06 bits per heavy atom. The monoisotopic (exact) mass is 252 g/mol. The molecule has 0 atom stereocenters. The zero-order chi connectivity index (χ0) is 13.1. The van der Waals surface area contributed by atoms with E-state index in [1.54, 1.807) is 4.90 Å². The highest BCUT2D eigenvalue weighted by Crippen LogP contribution is 2.13. The summed E-state index contributed by atoms with van der Waals surface area (Å²) in [5, 5.41) is 8.01. The van der Waals surface area contributed by atoms with E-state index in [9.17, 15) is 9.59 Å². The maximum Gasteiger partial charge on any atom is 0.306 e. The van der Waals surface area contributed by atoms with Crippen molar-refractivity contribution in [2.75, 3.05) is 13.7 Å². The van der Waals surface area contributed by atoms with Crippen molar-refractivity contribution in [2.45, 2.75) is 32.9 Å². The summed E-state index contributed by atoms with van der Waals surface area (Å²) in [5.41, 5.74) is 0. The fraction of sp³-hybridized carbons (Fsp3) is 0.636. The van der Waals surface area contributed by atoms with Crippen LogP contribution < -0.4 is 0 Å². The number of esters is 1. The van der Waals surface area contributed by atoms with Gasteiger partial charge in [0.1, 0.15) is 5.82 Å². The number of aryl methyl sites for hydroxylation is 1. The van der Waals surface area contributed by atoms with Crippen LogP contribution in [0.2, 0.25) is 0 Å². The zero-order valence-corrected chi connectivity index (χ0v) is 10.5. The summed E-state index contributed by atoms with van der Waals surface area (Å²) in [5.74, 6) is 1.25. The molecule has 2 heterocycles. The van der Waals surface area contributed by atoms with Crippen molar-refractivity contribution in [2.24, 2.45) is 0 Å². The molecule has 0 aliphatic carbocycles. The fourth-order valence-electron chi connectivity index (χ4n) is 1.99. The summed E-state index contributed by atoms with van der Waals surface area (Å²) >= 11 is 0. The summed E-state index contributed by atoms with van der Waals surface area (Å²) in [7, 11) is 1.32. The van der Waals surface area contributed by atoms with Crippen molar-refractivity contribution in [1.29, 1.82) is 0 Å². The van der Waals surface area contributed by atoms with Gasteiger partial charge in [0.15, 0.2) is 5.82 Å². The highest BCUT2D eigenvalue weighted by molar-refractivity contribution is 5.81. The van der Waals surface area contributed by atoms with E-state index in [0.717, 1.165) is 11.6 Å². The molecule has 7 heteroatoms. The largest absolute Gasteiger partial charge is 0.469 e. The Hall–Kier alpha value is -1.92. The van der Waals surface area contributed by atoms with Gasteiger partial charge < -0.3 is 14.2 Å². The topological polar surface area (TPSA) is 77.3 Å². The van der Waals surface area contributed by atoms with E-state index in [-0.39, 0.29) is 24.7 Å². The normalized spacial score (nSPS) is 14.2. The van der Waals surface area contributed by atoms with Crippen molar-refractivity contribution in [1.82, 2.24) is 19.7 Å². The van der Waals surface area contributed by atoms with Gasteiger partial charge in [-0.1, -0.05) is 0 Å². The van der Waals surface area contributed by atoms with E-state index in [4.69, 9.17) is 0 Å². The molecular weight excluding hydrogens is 236 g/mol. The van der Waals surface area contributed by atoms with Crippen LogP contribution in [0.5, 0.6) is 0 Å². The van der Waals surface area contributed by atoms with Crippen molar-refractivity contribution in [3.05, 3.63) is 11.6 Å². The second kappa shape index (κ2) is 5.16. The van der Waals surface area contributed by atoms with Gasteiger partial charge in [-0.15, -0.1) is 10.2 Å². The number of methoxy groups -OCH3 is 1. The van der Waals surface area contributed by atoms with Gasteiger partial charge in [0, 0.05) is 19.5 Å². The average molecular weight is 252 g/mol. The summed E-state index contributed by atoms with van der Waals surface area (Å²) in [4.78, 5) is 24.6. The molecule has 2 rings (SSSR count). The van der Waals surface area contributed by atoms with Crippen molar-refractivity contribution in [3.63, 3.8) is 0 Å². The number of hydrogen-bond acceptors (Lipinski definition) is 5. The molecule has 0 saturated heterocycles. The highest BCUT2D eigenvalue weighted by atomic mass is 16.5. The zero-order valence-electron chi connectivity index (χ0n) is 10.5. The third-order valence-electron chi connectivity index (χ3n) is 3.06. The number of aromatic nitrogens is 3. The van der Waals surface area contributed by atoms with Crippen LogP contribution in [0, 0.1) is 6.92 Å². The lowest BCUT2D eigenvalue weighted by atomic mass is 10.2. The van der Waals surface area contributed by atoms with E-state index >= 15 is 0 Å². The molecule has 98 valence electrons.